The number of hydrogen-bond donors (Lipinski definition) is 1. The molecular formula is C17H23N3O. The predicted octanol–water partition coefficient (Wildman–Crippen LogP) is 3.93. The van der Waals surface area contributed by atoms with Crippen LogP contribution < -0.4 is 10.1 Å². The van der Waals surface area contributed by atoms with E-state index in [-0.39, 0.29) is 0 Å². The molecule has 0 atom stereocenters. The number of nitrogens with zero attached hydrogens (tertiary/aromatic N) is 2. The zero-order valence-electron chi connectivity index (χ0n) is 12.8. The molecule has 4 nitrogen and oxygen atoms in total. The maximum Gasteiger partial charge on any atom is 0.207 e. The van der Waals surface area contributed by atoms with Gasteiger partial charge in [-0.3, -0.25) is 4.57 Å². The number of anilines is 1. The quantitative estimate of drug-likeness (QED) is 0.904. The molecule has 1 aromatic carbocycles. The second kappa shape index (κ2) is 6.20. The maximum absolute atomic E-state index is 5.59. The van der Waals surface area contributed by atoms with E-state index < -0.39 is 0 Å². The van der Waals surface area contributed by atoms with Crippen LogP contribution in [0.4, 0.5) is 5.95 Å². The van der Waals surface area contributed by atoms with E-state index in [1.807, 2.05) is 26.0 Å². The van der Waals surface area contributed by atoms with Crippen LogP contribution in [0, 0.1) is 6.92 Å². The minimum absolute atomic E-state index is 0.556. The second-order valence-electron chi connectivity index (χ2n) is 5.63. The van der Waals surface area contributed by atoms with Gasteiger partial charge in [-0.15, -0.1) is 0 Å². The molecule has 1 aliphatic carbocycles. The third kappa shape index (κ3) is 3.20. The van der Waals surface area contributed by atoms with Gasteiger partial charge in [0.1, 0.15) is 5.75 Å². The molecule has 0 unspecified atom stereocenters. The third-order valence-electron chi connectivity index (χ3n) is 3.92. The summed E-state index contributed by atoms with van der Waals surface area (Å²) in [6.07, 6.45) is 7.19. The first kappa shape index (κ1) is 14.0. The molecule has 1 saturated carbocycles. The third-order valence-corrected chi connectivity index (χ3v) is 3.92. The van der Waals surface area contributed by atoms with Gasteiger partial charge in [0, 0.05) is 18.3 Å². The predicted molar refractivity (Wildman–Crippen MR) is 85.3 cm³/mol. The summed E-state index contributed by atoms with van der Waals surface area (Å²) >= 11 is 0. The Hall–Kier alpha value is -1.97. The zero-order chi connectivity index (χ0) is 14.7. The zero-order valence-corrected chi connectivity index (χ0v) is 12.8. The Morgan fingerprint density at radius 2 is 2.14 bits per heavy atom. The van der Waals surface area contributed by atoms with Crippen molar-refractivity contribution >= 4 is 5.95 Å². The fourth-order valence-corrected chi connectivity index (χ4v) is 2.94. The Bertz CT molecular complexity index is 600. The number of rotatable bonds is 5. The number of benzene rings is 1. The molecule has 21 heavy (non-hydrogen) atoms. The van der Waals surface area contributed by atoms with Crippen LogP contribution in [0.3, 0.4) is 0 Å². The smallest absolute Gasteiger partial charge is 0.207 e. The highest BCUT2D eigenvalue weighted by Crippen LogP contribution is 2.25. The number of aryl methyl sites for hydroxylation is 1. The van der Waals surface area contributed by atoms with Crippen molar-refractivity contribution in [2.75, 3.05) is 11.9 Å². The van der Waals surface area contributed by atoms with Gasteiger partial charge in [0.25, 0.3) is 0 Å². The molecule has 0 radical (unpaired) electrons. The molecule has 4 heteroatoms. The monoisotopic (exact) mass is 285 g/mol. The summed E-state index contributed by atoms with van der Waals surface area (Å²) in [6.45, 7) is 4.71. The van der Waals surface area contributed by atoms with E-state index in [0.717, 1.165) is 23.1 Å². The summed E-state index contributed by atoms with van der Waals surface area (Å²) in [5, 5.41) is 3.59. The van der Waals surface area contributed by atoms with E-state index in [4.69, 9.17) is 4.74 Å². The van der Waals surface area contributed by atoms with Crippen LogP contribution >= 0.6 is 0 Å². The topological polar surface area (TPSA) is 39.1 Å². The van der Waals surface area contributed by atoms with Gasteiger partial charge in [-0.05, 0) is 38.8 Å². The summed E-state index contributed by atoms with van der Waals surface area (Å²) in [6, 6.07) is 8.71. The van der Waals surface area contributed by atoms with Gasteiger partial charge >= 0.3 is 0 Å². The van der Waals surface area contributed by atoms with Crippen molar-refractivity contribution in [1.82, 2.24) is 9.55 Å². The summed E-state index contributed by atoms with van der Waals surface area (Å²) < 4.78 is 7.72. The van der Waals surface area contributed by atoms with Crippen molar-refractivity contribution in [3.63, 3.8) is 0 Å². The highest BCUT2D eigenvalue weighted by molar-refractivity contribution is 5.46. The fraction of sp³-hybridized carbons (Fsp3) is 0.471. The lowest BCUT2D eigenvalue weighted by Gasteiger charge is -2.15. The first-order valence-corrected chi connectivity index (χ1v) is 7.82. The van der Waals surface area contributed by atoms with E-state index in [2.05, 4.69) is 33.2 Å². The van der Waals surface area contributed by atoms with Crippen molar-refractivity contribution in [3.8, 4) is 11.4 Å². The average Bonchev–Trinajstić information content (AvgIpc) is 3.10. The van der Waals surface area contributed by atoms with E-state index in [9.17, 15) is 0 Å². The lowest BCUT2D eigenvalue weighted by atomic mass is 10.2. The van der Waals surface area contributed by atoms with Crippen molar-refractivity contribution in [2.24, 2.45) is 0 Å². The summed E-state index contributed by atoms with van der Waals surface area (Å²) in [7, 11) is 0. The van der Waals surface area contributed by atoms with Crippen molar-refractivity contribution < 1.29 is 4.74 Å². The molecule has 0 saturated heterocycles. The van der Waals surface area contributed by atoms with Crippen LogP contribution in [-0.4, -0.2) is 22.2 Å². The summed E-state index contributed by atoms with van der Waals surface area (Å²) in [5.74, 6) is 1.83. The minimum atomic E-state index is 0.556. The highest BCUT2D eigenvalue weighted by atomic mass is 16.5. The van der Waals surface area contributed by atoms with Crippen molar-refractivity contribution in [2.45, 2.75) is 45.6 Å². The Kier molecular flexibility index (Phi) is 4.13. The van der Waals surface area contributed by atoms with Crippen molar-refractivity contribution in [1.29, 1.82) is 0 Å². The van der Waals surface area contributed by atoms with Crippen LogP contribution in [0.2, 0.25) is 0 Å². The van der Waals surface area contributed by atoms with Gasteiger partial charge < -0.3 is 10.1 Å². The van der Waals surface area contributed by atoms with Gasteiger partial charge in [-0.25, -0.2) is 4.98 Å². The largest absolute Gasteiger partial charge is 0.494 e. The first-order valence-electron chi connectivity index (χ1n) is 7.82. The Morgan fingerprint density at radius 3 is 2.90 bits per heavy atom. The fourth-order valence-electron chi connectivity index (χ4n) is 2.94. The number of nitrogens with one attached hydrogen (secondary N) is 1. The minimum Gasteiger partial charge on any atom is -0.494 e. The van der Waals surface area contributed by atoms with Crippen LogP contribution in [0.5, 0.6) is 5.75 Å². The number of ether oxygens (including phenoxy) is 1. The van der Waals surface area contributed by atoms with E-state index >= 15 is 0 Å². The molecule has 3 rings (SSSR count). The van der Waals surface area contributed by atoms with Crippen LogP contribution in [0.15, 0.2) is 30.5 Å². The lowest BCUT2D eigenvalue weighted by Crippen LogP contribution is -2.17. The molecular weight excluding hydrogens is 262 g/mol. The lowest BCUT2D eigenvalue weighted by molar-refractivity contribution is 0.340. The summed E-state index contributed by atoms with van der Waals surface area (Å²) in [4.78, 5) is 4.64. The standard InChI is InChI=1S/C17H23N3O/c1-3-21-16-10-6-9-15(11-16)20-12-13(2)18-17(20)19-14-7-4-5-8-14/h6,9-12,14H,3-5,7-8H2,1-2H3,(H,18,19). The molecule has 0 bridgehead atoms. The summed E-state index contributed by atoms with van der Waals surface area (Å²) in [5.41, 5.74) is 2.11. The van der Waals surface area contributed by atoms with E-state index in [1.165, 1.54) is 25.7 Å². The first-order chi connectivity index (χ1) is 10.3. The Labute approximate surface area is 126 Å². The van der Waals surface area contributed by atoms with Gasteiger partial charge in [0.05, 0.1) is 18.0 Å². The molecule has 112 valence electrons. The normalized spacial score (nSPS) is 15.3. The molecule has 2 aromatic rings. The molecule has 0 aliphatic heterocycles. The van der Waals surface area contributed by atoms with Gasteiger partial charge in [-0.1, -0.05) is 18.9 Å². The molecule has 1 N–H and O–H groups in total. The van der Waals surface area contributed by atoms with Crippen molar-refractivity contribution in [3.05, 3.63) is 36.2 Å². The van der Waals surface area contributed by atoms with Crippen LogP contribution in [-0.2, 0) is 0 Å². The Morgan fingerprint density at radius 1 is 1.33 bits per heavy atom. The maximum atomic E-state index is 5.59. The highest BCUT2D eigenvalue weighted by Gasteiger charge is 2.17. The van der Waals surface area contributed by atoms with Crippen LogP contribution in [0.25, 0.3) is 5.69 Å². The number of hydrogen-bond acceptors (Lipinski definition) is 3. The SMILES string of the molecule is CCOc1cccc(-n2cc(C)nc2NC2CCCC2)c1. The second-order valence-corrected chi connectivity index (χ2v) is 5.63. The van der Waals surface area contributed by atoms with Crippen LogP contribution in [0.1, 0.15) is 38.3 Å². The van der Waals surface area contributed by atoms with Gasteiger partial charge in [-0.2, -0.15) is 0 Å². The Balaban J connectivity index is 1.88. The molecule has 1 heterocycles. The molecule has 0 spiro atoms. The van der Waals surface area contributed by atoms with Gasteiger partial charge in [0.15, 0.2) is 0 Å². The molecule has 0 amide bonds. The number of aromatic nitrogens is 2. The average molecular weight is 285 g/mol. The molecule has 1 fully saturated rings. The molecule has 1 aliphatic rings. The van der Waals surface area contributed by atoms with Gasteiger partial charge in [0.2, 0.25) is 5.95 Å². The molecule has 1 aromatic heterocycles. The van der Waals surface area contributed by atoms with E-state index in [0.29, 0.717) is 12.6 Å². The number of imidazole rings is 1. The van der Waals surface area contributed by atoms with E-state index in [1.54, 1.807) is 0 Å².